The summed E-state index contributed by atoms with van der Waals surface area (Å²) in [5.74, 6) is 0.987. The third-order valence-electron chi connectivity index (χ3n) is 5.13. The van der Waals surface area contributed by atoms with Gasteiger partial charge in [0, 0.05) is 16.1 Å². The van der Waals surface area contributed by atoms with Gasteiger partial charge in [0.2, 0.25) is 0 Å². The standard InChI is InChI=1S/C27H25ClN2O5/c1-17(2)34-21-9-7-20(8-10-21)30-24-12-11-23(35-22-6-4-5-19(28)15-22)13-18(24)14-25(30)27(32)29-16-26(31)33-3/h4-15,17H,16H2,1-3H3,(H,29,32). The van der Waals surface area contributed by atoms with E-state index in [1.807, 2.05) is 73.0 Å². The molecule has 180 valence electrons. The third-order valence-corrected chi connectivity index (χ3v) is 5.36. The van der Waals surface area contributed by atoms with Crippen LogP contribution in [0.3, 0.4) is 0 Å². The van der Waals surface area contributed by atoms with E-state index < -0.39 is 11.9 Å². The molecule has 7 nitrogen and oxygen atoms in total. The van der Waals surface area contributed by atoms with Crippen molar-refractivity contribution in [2.45, 2.75) is 20.0 Å². The van der Waals surface area contributed by atoms with Gasteiger partial charge in [-0.25, -0.2) is 0 Å². The lowest BCUT2D eigenvalue weighted by Gasteiger charge is -2.14. The highest BCUT2D eigenvalue weighted by Crippen LogP contribution is 2.31. The number of hydrogen-bond acceptors (Lipinski definition) is 5. The topological polar surface area (TPSA) is 78.8 Å². The summed E-state index contributed by atoms with van der Waals surface area (Å²) in [5.41, 5.74) is 1.92. The van der Waals surface area contributed by atoms with Gasteiger partial charge in [0.05, 0.1) is 18.7 Å². The van der Waals surface area contributed by atoms with Crippen LogP contribution in [0.1, 0.15) is 24.3 Å². The number of hydrogen-bond donors (Lipinski definition) is 1. The summed E-state index contributed by atoms with van der Waals surface area (Å²) < 4.78 is 18.2. The maximum absolute atomic E-state index is 13.0. The minimum absolute atomic E-state index is 0.0471. The fraction of sp³-hybridized carbons (Fsp3) is 0.185. The molecular weight excluding hydrogens is 468 g/mol. The number of nitrogens with one attached hydrogen (secondary N) is 1. The van der Waals surface area contributed by atoms with Gasteiger partial charge in [0.15, 0.2) is 0 Å². The first-order valence-electron chi connectivity index (χ1n) is 11.0. The second-order valence-corrected chi connectivity index (χ2v) is 8.50. The molecule has 0 bridgehead atoms. The van der Waals surface area contributed by atoms with E-state index in [0.717, 1.165) is 22.3 Å². The molecule has 0 atom stereocenters. The van der Waals surface area contributed by atoms with Gasteiger partial charge >= 0.3 is 5.97 Å². The Morgan fingerprint density at radius 1 is 0.943 bits per heavy atom. The first kappa shape index (κ1) is 24.2. The minimum Gasteiger partial charge on any atom is -0.491 e. The lowest BCUT2D eigenvalue weighted by atomic mass is 10.2. The van der Waals surface area contributed by atoms with Crippen molar-refractivity contribution in [2.75, 3.05) is 13.7 Å². The second kappa shape index (κ2) is 10.5. The lowest BCUT2D eigenvalue weighted by molar-refractivity contribution is -0.139. The predicted molar refractivity (Wildman–Crippen MR) is 135 cm³/mol. The maximum Gasteiger partial charge on any atom is 0.325 e. The molecular formula is C27H25ClN2O5. The number of amides is 1. The molecule has 0 aliphatic heterocycles. The van der Waals surface area contributed by atoms with E-state index >= 15 is 0 Å². The van der Waals surface area contributed by atoms with Gasteiger partial charge in [-0.3, -0.25) is 9.59 Å². The molecule has 0 aliphatic carbocycles. The van der Waals surface area contributed by atoms with Crippen LogP contribution in [-0.2, 0) is 9.53 Å². The van der Waals surface area contributed by atoms with Crippen LogP contribution in [-0.4, -0.2) is 36.2 Å². The van der Waals surface area contributed by atoms with Gasteiger partial charge in [-0.2, -0.15) is 0 Å². The van der Waals surface area contributed by atoms with Crippen molar-refractivity contribution in [3.05, 3.63) is 83.5 Å². The highest BCUT2D eigenvalue weighted by atomic mass is 35.5. The van der Waals surface area contributed by atoms with Crippen LogP contribution in [0.25, 0.3) is 16.6 Å². The smallest absolute Gasteiger partial charge is 0.325 e. The van der Waals surface area contributed by atoms with Gasteiger partial charge in [-0.1, -0.05) is 17.7 Å². The Balaban J connectivity index is 1.73. The number of nitrogens with zero attached hydrogens (tertiary/aromatic N) is 1. The quantitative estimate of drug-likeness (QED) is 0.316. The Hall–Kier alpha value is -3.97. The Labute approximate surface area is 208 Å². The third kappa shape index (κ3) is 5.75. The summed E-state index contributed by atoms with van der Waals surface area (Å²) in [5, 5.41) is 3.97. The zero-order valence-electron chi connectivity index (χ0n) is 19.6. The van der Waals surface area contributed by atoms with E-state index in [2.05, 4.69) is 10.1 Å². The average molecular weight is 493 g/mol. The molecule has 1 amide bonds. The first-order valence-corrected chi connectivity index (χ1v) is 11.4. The summed E-state index contributed by atoms with van der Waals surface area (Å²) in [6, 6.07) is 21.9. The van der Waals surface area contributed by atoms with Crippen LogP contribution >= 0.6 is 11.6 Å². The molecule has 8 heteroatoms. The van der Waals surface area contributed by atoms with Crippen molar-refractivity contribution < 1.29 is 23.8 Å². The molecule has 35 heavy (non-hydrogen) atoms. The number of fused-ring (bicyclic) bond motifs is 1. The maximum atomic E-state index is 13.0. The van der Waals surface area contributed by atoms with E-state index in [-0.39, 0.29) is 12.6 Å². The molecule has 0 fully saturated rings. The number of carbonyl (C=O) groups is 2. The number of carbonyl (C=O) groups excluding carboxylic acids is 2. The number of halogens is 1. The monoisotopic (exact) mass is 492 g/mol. The van der Waals surface area contributed by atoms with Gasteiger partial charge in [0.1, 0.15) is 29.5 Å². The Bertz CT molecular complexity index is 1360. The number of aromatic nitrogens is 1. The van der Waals surface area contributed by atoms with Crippen LogP contribution in [0.5, 0.6) is 17.2 Å². The van der Waals surface area contributed by atoms with Crippen LogP contribution in [0, 0.1) is 0 Å². The zero-order chi connectivity index (χ0) is 24.9. The van der Waals surface area contributed by atoms with Crippen molar-refractivity contribution in [1.82, 2.24) is 9.88 Å². The Kier molecular flexibility index (Phi) is 7.27. The Morgan fingerprint density at radius 2 is 1.66 bits per heavy atom. The molecule has 0 spiro atoms. The molecule has 4 aromatic rings. The van der Waals surface area contributed by atoms with Crippen molar-refractivity contribution in [1.29, 1.82) is 0 Å². The minimum atomic E-state index is -0.534. The largest absolute Gasteiger partial charge is 0.491 e. The second-order valence-electron chi connectivity index (χ2n) is 8.06. The summed E-state index contributed by atoms with van der Waals surface area (Å²) >= 11 is 6.06. The normalized spacial score (nSPS) is 10.9. The number of methoxy groups -OCH3 is 1. The summed E-state index contributed by atoms with van der Waals surface area (Å²) in [6.07, 6.45) is 0.0471. The van der Waals surface area contributed by atoms with Gasteiger partial charge < -0.3 is 24.1 Å². The van der Waals surface area contributed by atoms with E-state index in [1.165, 1.54) is 7.11 Å². The van der Waals surface area contributed by atoms with Gasteiger partial charge in [0.25, 0.3) is 5.91 Å². The Morgan fingerprint density at radius 3 is 2.34 bits per heavy atom. The van der Waals surface area contributed by atoms with Crippen LogP contribution < -0.4 is 14.8 Å². The van der Waals surface area contributed by atoms with Crippen LogP contribution in [0.15, 0.2) is 72.8 Å². The number of rotatable bonds is 8. The van der Waals surface area contributed by atoms with Gasteiger partial charge in [-0.05, 0) is 80.6 Å². The summed E-state index contributed by atoms with van der Waals surface area (Å²) in [4.78, 5) is 24.6. The predicted octanol–water partition coefficient (Wildman–Crippen LogP) is 5.77. The molecule has 1 N–H and O–H groups in total. The van der Waals surface area contributed by atoms with Crippen LogP contribution in [0.4, 0.5) is 0 Å². The van der Waals surface area contributed by atoms with E-state index in [0.29, 0.717) is 22.2 Å². The van der Waals surface area contributed by atoms with Crippen molar-refractivity contribution >= 4 is 34.4 Å². The molecule has 1 heterocycles. The highest BCUT2D eigenvalue weighted by molar-refractivity contribution is 6.30. The fourth-order valence-corrected chi connectivity index (χ4v) is 3.81. The van der Waals surface area contributed by atoms with Crippen LogP contribution in [0.2, 0.25) is 5.02 Å². The fourth-order valence-electron chi connectivity index (χ4n) is 3.63. The molecule has 1 aromatic heterocycles. The SMILES string of the molecule is COC(=O)CNC(=O)c1cc2cc(Oc3cccc(Cl)c3)ccc2n1-c1ccc(OC(C)C)cc1. The molecule has 4 rings (SSSR count). The van der Waals surface area contributed by atoms with Crippen molar-refractivity contribution in [3.8, 4) is 22.9 Å². The van der Waals surface area contributed by atoms with Gasteiger partial charge in [-0.15, -0.1) is 0 Å². The van der Waals surface area contributed by atoms with E-state index in [1.54, 1.807) is 18.2 Å². The van der Waals surface area contributed by atoms with E-state index in [9.17, 15) is 9.59 Å². The number of benzene rings is 3. The molecule has 0 saturated heterocycles. The average Bonchev–Trinajstić information content (AvgIpc) is 3.21. The molecule has 3 aromatic carbocycles. The molecule has 0 aliphatic rings. The number of esters is 1. The van der Waals surface area contributed by atoms with Crippen molar-refractivity contribution in [2.24, 2.45) is 0 Å². The number of ether oxygens (including phenoxy) is 3. The summed E-state index contributed by atoms with van der Waals surface area (Å²) in [6.45, 7) is 3.68. The molecule has 0 saturated carbocycles. The highest BCUT2D eigenvalue weighted by Gasteiger charge is 2.19. The van der Waals surface area contributed by atoms with E-state index in [4.69, 9.17) is 21.1 Å². The molecule has 0 radical (unpaired) electrons. The summed E-state index contributed by atoms with van der Waals surface area (Å²) in [7, 11) is 1.27. The first-order chi connectivity index (χ1) is 16.8. The zero-order valence-corrected chi connectivity index (χ0v) is 20.3. The molecule has 0 unspecified atom stereocenters. The van der Waals surface area contributed by atoms with Crippen molar-refractivity contribution in [3.63, 3.8) is 0 Å². The lowest BCUT2D eigenvalue weighted by Crippen LogP contribution is -2.31.